The second-order valence-corrected chi connectivity index (χ2v) is 15.6. The molecule has 11 rings (SSSR count). The van der Waals surface area contributed by atoms with Crippen molar-refractivity contribution in [2.45, 2.75) is 32.6 Å². The van der Waals surface area contributed by atoms with Crippen molar-refractivity contribution in [3.63, 3.8) is 0 Å². The second-order valence-electron chi connectivity index (χ2n) is 15.6. The van der Waals surface area contributed by atoms with Crippen molar-refractivity contribution in [2.75, 3.05) is 9.80 Å². The predicted molar refractivity (Wildman–Crippen MR) is 228 cm³/mol. The predicted octanol–water partition coefficient (Wildman–Crippen LogP) is 11.6. The van der Waals surface area contributed by atoms with Crippen LogP contribution >= 0.6 is 0 Å². The van der Waals surface area contributed by atoms with E-state index in [0.717, 1.165) is 90.2 Å². The number of aromatic nitrogens is 1. The fourth-order valence-corrected chi connectivity index (χ4v) is 9.13. The Hall–Kier alpha value is -6.60. The zero-order valence-corrected chi connectivity index (χ0v) is 31.2. The van der Waals surface area contributed by atoms with Crippen LogP contribution in [0.15, 0.2) is 156 Å². The maximum absolute atomic E-state index is 14.7. The molecule has 270 valence electrons. The molecule has 7 heteroatoms. The lowest BCUT2D eigenvalue weighted by molar-refractivity contribution is 0.507. The van der Waals surface area contributed by atoms with Crippen LogP contribution in [0.2, 0.25) is 0 Å². The molecule has 0 radical (unpaired) electrons. The lowest BCUT2D eigenvalue weighted by atomic mass is 9.35. The van der Waals surface area contributed by atoms with E-state index >= 15 is 0 Å². The Labute approximate surface area is 323 Å². The molecule has 0 unspecified atom stereocenters. The number of hydrogen-bond donors (Lipinski definition) is 0. The Morgan fingerprint density at radius 2 is 1.23 bits per heavy atom. The van der Waals surface area contributed by atoms with Crippen LogP contribution in [0.3, 0.4) is 0 Å². The number of hydrogen-bond acceptors (Lipinski definition) is 3. The Morgan fingerprint density at radius 1 is 0.589 bits per heavy atom. The van der Waals surface area contributed by atoms with Crippen molar-refractivity contribution >= 4 is 90.2 Å². The molecule has 4 heterocycles. The molecule has 0 spiro atoms. The highest BCUT2D eigenvalue weighted by Crippen LogP contribution is 2.49. The van der Waals surface area contributed by atoms with Gasteiger partial charge in [0.25, 0.3) is 6.71 Å². The van der Waals surface area contributed by atoms with Gasteiger partial charge in [0.05, 0.1) is 28.1 Å². The van der Waals surface area contributed by atoms with Gasteiger partial charge >= 0.3 is 0 Å². The molecule has 2 aliphatic heterocycles. The lowest BCUT2D eigenvalue weighted by Gasteiger charge is -2.42. The smallest absolute Gasteiger partial charge is 0.297 e. The Balaban J connectivity index is 1.31. The minimum Gasteiger partial charge on any atom is -0.468 e. The number of nitrogens with zero attached hydrogens (tertiary/aromatic N) is 3. The molecule has 9 aromatic rings. The number of anilines is 6. The van der Waals surface area contributed by atoms with Gasteiger partial charge in [-0.15, -0.1) is 0 Å². The zero-order valence-electron chi connectivity index (χ0n) is 31.2. The number of rotatable bonds is 5. The summed E-state index contributed by atoms with van der Waals surface area (Å²) in [5, 5.41) is 3.30. The molecule has 0 N–H and O–H groups in total. The van der Waals surface area contributed by atoms with Crippen LogP contribution in [0.25, 0.3) is 38.5 Å². The van der Waals surface area contributed by atoms with E-state index in [1.165, 1.54) is 35.2 Å². The fourth-order valence-electron chi connectivity index (χ4n) is 9.13. The first kappa shape index (κ1) is 32.8. The minimum absolute atomic E-state index is 0.00472. The SMILES string of the molecule is CCC(C)(C)c1ccc2c(c1)c1ccc3c(c1n2-c1ccccc1)N(c1ccc(F)cc1)c1cccc2c1B3c1oc3ccccc3c1N2c1ccc(F)cc1. The number of halogens is 2. The van der Waals surface area contributed by atoms with E-state index in [1.807, 2.05) is 42.5 Å². The maximum Gasteiger partial charge on any atom is 0.297 e. The molecule has 4 nitrogen and oxygen atoms in total. The molecule has 0 saturated heterocycles. The highest BCUT2D eigenvalue weighted by atomic mass is 19.1. The Morgan fingerprint density at radius 3 is 1.91 bits per heavy atom. The zero-order chi connectivity index (χ0) is 37.9. The van der Waals surface area contributed by atoms with Gasteiger partial charge < -0.3 is 18.8 Å². The first-order valence-electron chi connectivity index (χ1n) is 19.2. The monoisotopic (exact) mass is 731 g/mol. The van der Waals surface area contributed by atoms with Gasteiger partial charge in [0, 0.05) is 44.6 Å². The van der Waals surface area contributed by atoms with Gasteiger partial charge in [-0.05, 0) is 125 Å². The van der Waals surface area contributed by atoms with Gasteiger partial charge in [0.1, 0.15) is 17.2 Å². The van der Waals surface area contributed by atoms with Crippen molar-refractivity contribution in [3.8, 4) is 5.69 Å². The van der Waals surface area contributed by atoms with Crippen LogP contribution in [-0.2, 0) is 5.41 Å². The van der Waals surface area contributed by atoms with E-state index < -0.39 is 0 Å². The molecular weight excluding hydrogens is 695 g/mol. The summed E-state index contributed by atoms with van der Waals surface area (Å²) in [6.07, 6.45) is 1.01. The first-order valence-corrected chi connectivity index (χ1v) is 19.2. The fraction of sp³-hybridized carbons (Fsp3) is 0.102. The summed E-state index contributed by atoms with van der Waals surface area (Å²) in [5.74, 6) is -0.591. The van der Waals surface area contributed by atoms with Gasteiger partial charge in [0.2, 0.25) is 0 Å². The Bertz CT molecular complexity index is 3020. The van der Waals surface area contributed by atoms with E-state index in [-0.39, 0.29) is 23.8 Å². The van der Waals surface area contributed by atoms with Crippen LogP contribution in [0.1, 0.15) is 32.8 Å². The van der Waals surface area contributed by atoms with E-state index in [9.17, 15) is 8.78 Å². The molecule has 0 aliphatic carbocycles. The third kappa shape index (κ3) is 4.57. The number of furan rings is 1. The molecule has 0 saturated carbocycles. The molecule has 0 amide bonds. The summed E-state index contributed by atoms with van der Waals surface area (Å²) in [7, 11) is 0. The number of para-hydroxylation sites is 2. The van der Waals surface area contributed by atoms with Crippen LogP contribution in [0.4, 0.5) is 42.9 Å². The van der Waals surface area contributed by atoms with E-state index in [1.54, 1.807) is 0 Å². The normalized spacial score (nSPS) is 13.4. The quantitative estimate of drug-likeness (QED) is 0.165. The van der Waals surface area contributed by atoms with Gasteiger partial charge in [-0.25, -0.2) is 8.78 Å². The maximum atomic E-state index is 14.7. The van der Waals surface area contributed by atoms with Crippen LogP contribution < -0.4 is 26.4 Å². The van der Waals surface area contributed by atoms with E-state index in [2.05, 4.69) is 120 Å². The Kier molecular flexibility index (Phi) is 7.00. The summed E-state index contributed by atoms with van der Waals surface area (Å²) in [6.45, 7) is 6.57. The van der Waals surface area contributed by atoms with Gasteiger partial charge in [-0.2, -0.15) is 0 Å². The third-order valence-corrected chi connectivity index (χ3v) is 12.2. The van der Waals surface area contributed by atoms with Gasteiger partial charge in [0.15, 0.2) is 0 Å². The molecule has 2 aromatic heterocycles. The van der Waals surface area contributed by atoms with Crippen LogP contribution in [0, 0.1) is 11.6 Å². The average molecular weight is 732 g/mol. The second kappa shape index (κ2) is 12.0. The summed E-state index contributed by atoms with van der Waals surface area (Å²) in [5.41, 5.74) is 13.8. The third-order valence-electron chi connectivity index (χ3n) is 12.2. The summed E-state index contributed by atoms with van der Waals surface area (Å²) >= 11 is 0. The molecule has 0 bridgehead atoms. The van der Waals surface area contributed by atoms with Crippen molar-refractivity contribution in [3.05, 3.63) is 169 Å². The standard InChI is InChI=1S/C49H36BF2N3O/c1-4-49(2,3)30-17-28-40-38(29-30)36-26-27-39-47(45(36)53(40)33-11-6-5-7-12-33)55(35-24-20-32(52)21-25-35)42-15-10-14-41-44(42)50(39)48-46(37-13-8-9-16-43(37)56-48)54(41)34-22-18-31(51)19-23-34/h5-29H,4H2,1-3H3. The highest BCUT2D eigenvalue weighted by molar-refractivity contribution is 7.00. The molecule has 7 aromatic carbocycles. The lowest BCUT2D eigenvalue weighted by Crippen LogP contribution is -2.61. The minimum atomic E-state index is -0.296. The van der Waals surface area contributed by atoms with Gasteiger partial charge in [-0.1, -0.05) is 75.4 Å². The molecule has 0 fully saturated rings. The molecule has 56 heavy (non-hydrogen) atoms. The van der Waals surface area contributed by atoms with Gasteiger partial charge in [-0.3, -0.25) is 0 Å². The highest BCUT2D eigenvalue weighted by Gasteiger charge is 2.47. The largest absolute Gasteiger partial charge is 0.468 e. The number of benzene rings is 7. The van der Waals surface area contributed by atoms with E-state index in [4.69, 9.17) is 4.42 Å². The van der Waals surface area contributed by atoms with E-state index in [0.29, 0.717) is 0 Å². The molecule has 0 atom stereocenters. The summed E-state index contributed by atoms with van der Waals surface area (Å²) in [4.78, 5) is 4.51. The van der Waals surface area contributed by atoms with Crippen molar-refractivity contribution < 1.29 is 13.2 Å². The molecule has 2 aliphatic rings. The van der Waals surface area contributed by atoms with Crippen molar-refractivity contribution in [1.29, 1.82) is 0 Å². The summed E-state index contributed by atoms with van der Waals surface area (Å²) < 4.78 is 38.6. The first-order chi connectivity index (χ1) is 27.3. The van der Waals surface area contributed by atoms with Crippen LogP contribution in [0.5, 0.6) is 0 Å². The van der Waals surface area contributed by atoms with Crippen molar-refractivity contribution in [1.82, 2.24) is 4.57 Å². The molecular formula is C49H36BF2N3O. The number of fused-ring (bicyclic) bond motifs is 10. The average Bonchev–Trinajstić information content (AvgIpc) is 3.78. The topological polar surface area (TPSA) is 24.6 Å². The summed E-state index contributed by atoms with van der Waals surface area (Å²) in [6, 6.07) is 50.0. The van der Waals surface area contributed by atoms with Crippen LogP contribution in [-0.4, -0.2) is 11.3 Å². The van der Waals surface area contributed by atoms with Crippen molar-refractivity contribution in [2.24, 2.45) is 0 Å².